The van der Waals surface area contributed by atoms with E-state index in [1.54, 1.807) is 0 Å². The molecule has 0 saturated carbocycles. The molecule has 0 aromatic heterocycles. The third-order valence-electron chi connectivity index (χ3n) is 0.0563. The first-order valence-corrected chi connectivity index (χ1v) is 2.41. The van der Waals surface area contributed by atoms with Crippen molar-refractivity contribution in [2.75, 3.05) is 0 Å². The van der Waals surface area contributed by atoms with Crippen molar-refractivity contribution in [1.82, 2.24) is 0 Å². The molecule has 0 fully saturated rings. The van der Waals surface area contributed by atoms with Crippen LogP contribution in [0.2, 0.25) is 0 Å². The maximum Gasteiger partial charge on any atom is 2.00 e. The van der Waals surface area contributed by atoms with Crippen LogP contribution < -0.4 is 74.2 Å². The van der Waals surface area contributed by atoms with E-state index in [0.29, 0.717) is 0 Å². The second kappa shape index (κ2) is 23.4. The predicted molar refractivity (Wildman–Crippen MR) is 20.9 cm³/mol. The first kappa shape index (κ1) is 29.3. The average Bonchev–Trinajstić information content (AvgIpc) is 1.65. The van der Waals surface area contributed by atoms with Crippen molar-refractivity contribution in [2.45, 2.75) is 0 Å². The molecule has 0 saturated heterocycles. The summed E-state index contributed by atoms with van der Waals surface area (Å²) in [6.07, 6.45) is -2.33. The number of carboxylic acid groups (broad SMARTS) is 2. The topological polar surface area (TPSA) is 113 Å². The summed E-state index contributed by atoms with van der Waals surface area (Å²) in [6.45, 7) is 0. The summed E-state index contributed by atoms with van der Waals surface area (Å²) in [5.74, 6) is 0. The summed E-state index contributed by atoms with van der Waals surface area (Å²) in [4.78, 5) is 17.1. The molecule has 6 nitrogen and oxygen atoms in total. The first-order valence-electron chi connectivity index (χ1n) is 1.31. The van der Waals surface area contributed by atoms with Gasteiger partial charge in [0.25, 0.3) is 0 Å². The van der Waals surface area contributed by atoms with Crippen molar-refractivity contribution in [3.8, 4) is 0 Å². The van der Waals surface area contributed by atoms with Gasteiger partial charge in [-0.05, 0) is 10.7 Å². The molecule has 0 heterocycles. The zero-order valence-electron chi connectivity index (χ0n) is 6.48. The summed E-state index contributed by atoms with van der Waals surface area (Å²) < 4.78 is 21.0. The molecular weight excluding hydrogens is 244 g/mol. The standard InChI is InChI=1S/CH2O3.Ca.FO3P.2Na/c2-1(3)4;;1-4-5(2)3;;/h(H2,2,3,4);;;;/q;+2;;2*+1/p-2. The van der Waals surface area contributed by atoms with Gasteiger partial charge < -0.3 is 19.9 Å². The third kappa shape index (κ3) is 82.0. The van der Waals surface area contributed by atoms with E-state index in [9.17, 15) is 4.53 Å². The normalized spacial score (nSPS) is 6.67. The molecule has 1 atom stereocenters. The fraction of sp³-hybridized carbons (Fsp3) is 0. The van der Waals surface area contributed by atoms with Gasteiger partial charge in [0, 0.05) is 4.53 Å². The number of rotatable bonds is 1. The van der Waals surface area contributed by atoms with Crippen LogP contribution in [0.1, 0.15) is 0 Å². The van der Waals surface area contributed by atoms with Gasteiger partial charge in [-0.1, -0.05) is 0 Å². The van der Waals surface area contributed by atoms with Crippen molar-refractivity contribution in [2.24, 2.45) is 0 Å². The van der Waals surface area contributed by atoms with Crippen molar-refractivity contribution in [1.29, 1.82) is 0 Å². The van der Waals surface area contributed by atoms with Crippen LogP contribution in [0.15, 0.2) is 0 Å². The third-order valence-corrected chi connectivity index (χ3v) is 0.169. The Balaban J connectivity index is -0.0000000221. The van der Waals surface area contributed by atoms with Gasteiger partial charge in [-0.2, -0.15) is 0 Å². The predicted octanol–water partition coefficient (Wildman–Crippen LogP) is -8.91. The molecule has 0 aliphatic heterocycles. The van der Waals surface area contributed by atoms with Gasteiger partial charge in [0.2, 0.25) is 0 Å². The Morgan fingerprint density at radius 3 is 1.42 bits per heavy atom. The van der Waals surface area contributed by atoms with Crippen molar-refractivity contribution < 1.29 is 92.8 Å². The second-order valence-corrected chi connectivity index (χ2v) is 1.13. The van der Waals surface area contributed by atoms with Crippen LogP contribution in [0, 0.1) is 0 Å². The van der Waals surface area contributed by atoms with E-state index in [2.05, 4.69) is 4.73 Å². The summed E-state index contributed by atoms with van der Waals surface area (Å²) in [6, 6.07) is 0. The van der Waals surface area contributed by atoms with E-state index >= 15 is 0 Å². The molecule has 0 aromatic rings. The number of hydrogen-bond acceptors (Lipinski definition) is 6. The molecule has 0 rings (SSSR count). The minimum atomic E-state index is -3.26. The van der Waals surface area contributed by atoms with Crippen LogP contribution in [-0.4, -0.2) is 43.9 Å². The minimum Gasteiger partial charge on any atom is -0.652 e. The van der Waals surface area contributed by atoms with Gasteiger partial charge in [-0.15, -0.1) is 0 Å². The fourth-order valence-corrected chi connectivity index (χ4v) is 0. The summed E-state index contributed by atoms with van der Waals surface area (Å²) in [7, 11) is -3.26. The molecule has 1 unspecified atom stereocenters. The molecule has 54 valence electrons. The van der Waals surface area contributed by atoms with Crippen LogP contribution >= 0.6 is 8.25 Å². The fourth-order valence-electron chi connectivity index (χ4n) is 0. The van der Waals surface area contributed by atoms with Crippen LogP contribution in [0.4, 0.5) is 9.32 Å². The Morgan fingerprint density at radius 2 is 1.42 bits per heavy atom. The molecule has 0 radical (unpaired) electrons. The Morgan fingerprint density at radius 1 is 1.33 bits per heavy atom. The summed E-state index contributed by atoms with van der Waals surface area (Å²) in [5, 5.41) is 16.7. The summed E-state index contributed by atoms with van der Waals surface area (Å²) >= 11 is 0. The number of hydrogen-bond donors (Lipinski definition) is 0. The Kier molecular flexibility index (Phi) is 57.0. The van der Waals surface area contributed by atoms with E-state index in [0.717, 1.165) is 0 Å². The van der Waals surface area contributed by atoms with E-state index in [-0.39, 0.29) is 96.9 Å². The molecular formula is CCaFNa2O6P+2. The Bertz CT molecular complexity index is 110. The van der Waals surface area contributed by atoms with Crippen molar-refractivity contribution in [3.63, 3.8) is 0 Å². The molecule has 0 spiro atoms. The zero-order valence-corrected chi connectivity index (χ0v) is 13.6. The van der Waals surface area contributed by atoms with Gasteiger partial charge in [-0.3, -0.25) is 0 Å². The molecule has 0 bridgehead atoms. The SMILES string of the molecule is O=C([O-])[O-].O=[P+]([O-])OF.[Ca+2].[Na+].[Na+]. The quantitative estimate of drug-likeness (QED) is 0.334. The number of carbonyl (C=O) groups excluding carboxylic acids is 1. The molecule has 0 aliphatic rings. The smallest absolute Gasteiger partial charge is 0.652 e. The van der Waals surface area contributed by atoms with Gasteiger partial charge in [0.1, 0.15) is 0 Å². The molecule has 0 aromatic carbocycles. The van der Waals surface area contributed by atoms with E-state index in [4.69, 9.17) is 24.5 Å². The first-order chi connectivity index (χ1) is 4.00. The van der Waals surface area contributed by atoms with Crippen LogP contribution in [0.5, 0.6) is 0 Å². The van der Waals surface area contributed by atoms with Crippen LogP contribution in [0.25, 0.3) is 0 Å². The minimum absolute atomic E-state index is 0. The molecule has 0 N–H and O–H groups in total. The monoisotopic (exact) mass is 244 g/mol. The Labute approximate surface area is 142 Å². The summed E-state index contributed by atoms with van der Waals surface area (Å²) in [5.41, 5.74) is 0. The van der Waals surface area contributed by atoms with Crippen LogP contribution in [0.3, 0.4) is 0 Å². The number of carbonyl (C=O) groups is 1. The largest absolute Gasteiger partial charge is 2.00 e. The zero-order chi connectivity index (χ0) is 7.86. The second-order valence-electron chi connectivity index (χ2n) is 0.543. The Hall–Kier alpha value is 2.48. The van der Waals surface area contributed by atoms with Gasteiger partial charge >= 0.3 is 105 Å². The molecule has 12 heavy (non-hydrogen) atoms. The van der Waals surface area contributed by atoms with E-state index in [1.165, 1.54) is 0 Å². The van der Waals surface area contributed by atoms with Gasteiger partial charge in [0.05, 0.1) is 4.73 Å². The van der Waals surface area contributed by atoms with Crippen LogP contribution in [-0.2, 0) is 9.29 Å². The maximum atomic E-state index is 10.0. The van der Waals surface area contributed by atoms with Crippen molar-refractivity contribution >= 4 is 52.1 Å². The van der Waals surface area contributed by atoms with Gasteiger partial charge in [0.15, 0.2) is 0 Å². The molecule has 0 aliphatic carbocycles. The maximum absolute atomic E-state index is 10.0. The van der Waals surface area contributed by atoms with Gasteiger partial charge in [-0.25, -0.2) is 0 Å². The van der Waals surface area contributed by atoms with E-state index < -0.39 is 14.4 Å². The van der Waals surface area contributed by atoms with Crippen molar-refractivity contribution in [3.05, 3.63) is 0 Å². The average molecular weight is 244 g/mol. The molecule has 0 amide bonds. The molecule has 11 heteroatoms. The number of halogens is 1. The van der Waals surface area contributed by atoms with E-state index in [1.807, 2.05) is 0 Å².